The predicted molar refractivity (Wildman–Crippen MR) is 116 cm³/mol. The average molecular weight is 431 g/mol. The number of phenolic OH excluding ortho intramolecular Hbond substituents is 1. The predicted octanol–water partition coefficient (Wildman–Crippen LogP) is 4.85. The van der Waals surface area contributed by atoms with Crippen LogP contribution < -0.4 is 0 Å². The lowest BCUT2D eigenvalue weighted by Crippen LogP contribution is -2.28. The number of esters is 1. The maximum Gasteiger partial charge on any atom is 0.338 e. The number of benzene rings is 2. The zero-order valence-corrected chi connectivity index (χ0v) is 17.5. The third kappa shape index (κ3) is 4.81. The molecule has 8 heteroatoms. The van der Waals surface area contributed by atoms with Crippen molar-refractivity contribution in [2.75, 3.05) is 13.2 Å². The molecule has 1 aliphatic heterocycles. The van der Waals surface area contributed by atoms with Crippen molar-refractivity contribution in [3.63, 3.8) is 0 Å². The average Bonchev–Trinajstić information content (AvgIpc) is 2.99. The van der Waals surface area contributed by atoms with Gasteiger partial charge in [0, 0.05) is 17.1 Å². The fourth-order valence-electron chi connectivity index (χ4n) is 2.68. The summed E-state index contributed by atoms with van der Waals surface area (Å²) in [7, 11) is 0. The van der Waals surface area contributed by atoms with Crippen molar-refractivity contribution in [2.24, 2.45) is 4.99 Å². The monoisotopic (exact) mass is 430 g/mol. The summed E-state index contributed by atoms with van der Waals surface area (Å²) >= 11 is 7.19. The highest BCUT2D eigenvalue weighted by atomic mass is 35.5. The van der Waals surface area contributed by atoms with Gasteiger partial charge in [-0.05, 0) is 68.1 Å². The van der Waals surface area contributed by atoms with Gasteiger partial charge in [-0.15, -0.1) is 0 Å². The van der Waals surface area contributed by atoms with Crippen LogP contribution in [0.3, 0.4) is 0 Å². The molecule has 0 unspecified atom stereocenters. The van der Waals surface area contributed by atoms with Crippen molar-refractivity contribution in [1.82, 2.24) is 4.90 Å². The van der Waals surface area contributed by atoms with Gasteiger partial charge in [-0.25, -0.2) is 9.79 Å². The van der Waals surface area contributed by atoms with Crippen molar-refractivity contribution in [3.05, 3.63) is 63.5 Å². The maximum atomic E-state index is 12.8. The van der Waals surface area contributed by atoms with Gasteiger partial charge >= 0.3 is 5.97 Å². The number of ether oxygens (including phenoxy) is 1. The first-order valence-electron chi connectivity index (χ1n) is 8.98. The number of likely N-dealkylation sites (N-methyl/N-ethyl adjacent to an activating group) is 1. The number of carbonyl (C=O) groups excluding carboxylic acids is 2. The smallest absolute Gasteiger partial charge is 0.338 e. The van der Waals surface area contributed by atoms with Crippen LogP contribution in [-0.4, -0.2) is 40.2 Å². The number of phenols is 1. The Balaban J connectivity index is 1.93. The van der Waals surface area contributed by atoms with Crippen molar-refractivity contribution < 1.29 is 19.4 Å². The molecule has 0 atom stereocenters. The number of amidine groups is 1. The fraction of sp³-hybridized carbons (Fsp3) is 0.190. The van der Waals surface area contributed by atoms with E-state index in [4.69, 9.17) is 16.3 Å². The van der Waals surface area contributed by atoms with E-state index in [1.165, 1.54) is 22.7 Å². The third-order valence-corrected chi connectivity index (χ3v) is 5.30. The van der Waals surface area contributed by atoms with Crippen LogP contribution >= 0.6 is 23.4 Å². The van der Waals surface area contributed by atoms with Gasteiger partial charge in [0.25, 0.3) is 5.91 Å². The first-order valence-corrected chi connectivity index (χ1v) is 10.2. The van der Waals surface area contributed by atoms with E-state index < -0.39 is 5.97 Å². The second-order valence-electron chi connectivity index (χ2n) is 6.03. The van der Waals surface area contributed by atoms with Gasteiger partial charge in [-0.2, -0.15) is 0 Å². The van der Waals surface area contributed by atoms with Crippen molar-refractivity contribution in [2.45, 2.75) is 13.8 Å². The van der Waals surface area contributed by atoms with E-state index in [1.54, 1.807) is 49.4 Å². The topological polar surface area (TPSA) is 79.2 Å². The fourth-order valence-corrected chi connectivity index (χ4v) is 3.91. The molecule has 0 aliphatic carbocycles. The summed E-state index contributed by atoms with van der Waals surface area (Å²) in [4.78, 5) is 31.2. The number of nitrogens with zero attached hydrogens (tertiary/aromatic N) is 2. The number of aliphatic imine (C=N–C) groups is 1. The standard InChI is InChI=1S/C21H19ClN2O4S/c1-3-24-19(26)18(12-14-10-15(22)8-9-17(14)25)29-21(24)23-16-7-5-6-13(11-16)20(27)28-4-2/h5-12,25H,3-4H2,1-2H3. The molecular weight excluding hydrogens is 412 g/mol. The Bertz CT molecular complexity index is 1020. The number of hydrogen-bond acceptors (Lipinski definition) is 6. The number of amides is 1. The number of aromatic hydroxyl groups is 1. The molecule has 0 bridgehead atoms. The van der Waals surface area contributed by atoms with Crippen LogP contribution in [0.15, 0.2) is 52.4 Å². The van der Waals surface area contributed by atoms with Crippen molar-refractivity contribution >= 4 is 52.2 Å². The van der Waals surface area contributed by atoms with Gasteiger partial charge in [0.1, 0.15) is 5.75 Å². The maximum absolute atomic E-state index is 12.8. The summed E-state index contributed by atoms with van der Waals surface area (Å²) in [5, 5.41) is 11.0. The Hall–Kier alpha value is -2.77. The highest BCUT2D eigenvalue weighted by Crippen LogP contribution is 2.35. The lowest BCUT2D eigenvalue weighted by molar-refractivity contribution is -0.122. The SMILES string of the molecule is CCOC(=O)c1cccc(N=C2SC(=Cc3cc(Cl)ccc3O)C(=O)N2CC)c1. The molecule has 0 saturated carbocycles. The molecule has 1 amide bonds. The normalized spacial score (nSPS) is 16.7. The number of thioether (sulfide) groups is 1. The molecule has 0 aromatic heterocycles. The highest BCUT2D eigenvalue weighted by molar-refractivity contribution is 8.18. The molecular formula is C21H19ClN2O4S. The van der Waals surface area contributed by atoms with Crippen LogP contribution in [0, 0.1) is 0 Å². The molecule has 2 aromatic rings. The Morgan fingerprint density at radius 1 is 1.28 bits per heavy atom. The first kappa shape index (κ1) is 21.0. The van der Waals surface area contributed by atoms with Gasteiger partial charge in [-0.3, -0.25) is 9.69 Å². The Kier molecular flexibility index (Phi) is 6.61. The summed E-state index contributed by atoms with van der Waals surface area (Å²) in [6.07, 6.45) is 1.59. The Morgan fingerprint density at radius 3 is 2.79 bits per heavy atom. The number of hydrogen-bond donors (Lipinski definition) is 1. The molecule has 0 radical (unpaired) electrons. The Labute approximate surface area is 177 Å². The molecule has 3 rings (SSSR count). The van der Waals surface area contributed by atoms with Crippen LogP contribution in [0.4, 0.5) is 5.69 Å². The number of rotatable bonds is 5. The summed E-state index contributed by atoms with van der Waals surface area (Å²) in [5.74, 6) is -0.600. The number of carbonyl (C=O) groups is 2. The molecule has 1 heterocycles. The minimum Gasteiger partial charge on any atom is -0.507 e. The molecule has 0 spiro atoms. The van der Waals surface area contributed by atoms with E-state index in [1.807, 2.05) is 6.92 Å². The summed E-state index contributed by atoms with van der Waals surface area (Å²) < 4.78 is 5.02. The van der Waals surface area contributed by atoms with E-state index in [2.05, 4.69) is 4.99 Å². The molecule has 150 valence electrons. The zero-order chi connectivity index (χ0) is 21.0. The van der Waals surface area contributed by atoms with E-state index in [9.17, 15) is 14.7 Å². The molecule has 1 N–H and O–H groups in total. The van der Waals surface area contributed by atoms with Crippen LogP contribution in [0.5, 0.6) is 5.75 Å². The quantitative estimate of drug-likeness (QED) is 0.542. The van der Waals surface area contributed by atoms with E-state index in [0.717, 1.165) is 0 Å². The third-order valence-electron chi connectivity index (χ3n) is 4.06. The first-order chi connectivity index (χ1) is 13.9. The van der Waals surface area contributed by atoms with E-state index >= 15 is 0 Å². The number of halogens is 1. The van der Waals surface area contributed by atoms with Gasteiger partial charge in [0.05, 0.1) is 22.8 Å². The summed E-state index contributed by atoms with van der Waals surface area (Å²) in [6, 6.07) is 11.4. The van der Waals surface area contributed by atoms with Gasteiger partial charge in [0.15, 0.2) is 5.17 Å². The van der Waals surface area contributed by atoms with Gasteiger partial charge in [0.2, 0.25) is 0 Å². The minimum atomic E-state index is -0.422. The second-order valence-corrected chi connectivity index (χ2v) is 7.47. The Morgan fingerprint density at radius 2 is 2.07 bits per heavy atom. The molecule has 29 heavy (non-hydrogen) atoms. The van der Waals surface area contributed by atoms with Crippen molar-refractivity contribution in [3.8, 4) is 5.75 Å². The van der Waals surface area contributed by atoms with Crippen LogP contribution in [-0.2, 0) is 9.53 Å². The summed E-state index contributed by atoms with van der Waals surface area (Å²) in [5.41, 5.74) is 1.39. The van der Waals surface area contributed by atoms with Crippen LogP contribution in [0.2, 0.25) is 5.02 Å². The van der Waals surface area contributed by atoms with E-state index in [0.29, 0.717) is 38.5 Å². The van der Waals surface area contributed by atoms with Gasteiger partial charge in [-0.1, -0.05) is 17.7 Å². The largest absolute Gasteiger partial charge is 0.507 e. The molecule has 1 fully saturated rings. The summed E-state index contributed by atoms with van der Waals surface area (Å²) in [6.45, 7) is 4.31. The molecule has 6 nitrogen and oxygen atoms in total. The minimum absolute atomic E-state index is 0.0332. The molecule has 1 aliphatic rings. The van der Waals surface area contributed by atoms with Crippen molar-refractivity contribution in [1.29, 1.82) is 0 Å². The van der Waals surface area contributed by atoms with Crippen LogP contribution in [0.1, 0.15) is 29.8 Å². The molecule has 2 aromatic carbocycles. The molecule has 1 saturated heterocycles. The second kappa shape index (κ2) is 9.15. The van der Waals surface area contributed by atoms with Crippen LogP contribution in [0.25, 0.3) is 6.08 Å². The van der Waals surface area contributed by atoms with E-state index in [-0.39, 0.29) is 18.3 Å². The highest BCUT2D eigenvalue weighted by Gasteiger charge is 2.32. The lowest BCUT2D eigenvalue weighted by atomic mass is 10.2. The zero-order valence-electron chi connectivity index (χ0n) is 15.9. The lowest BCUT2D eigenvalue weighted by Gasteiger charge is -2.12. The van der Waals surface area contributed by atoms with Gasteiger partial charge < -0.3 is 9.84 Å².